The van der Waals surface area contributed by atoms with E-state index in [1.54, 1.807) is 24.5 Å². The largest absolute Gasteiger partial charge is 0.456 e. The van der Waals surface area contributed by atoms with Gasteiger partial charge in [-0.15, -0.1) is 0 Å². The number of aromatic nitrogens is 4. The Kier molecular flexibility index (Phi) is 4.82. The van der Waals surface area contributed by atoms with Crippen LogP contribution in [0.5, 0.6) is 6.01 Å². The molecule has 0 bridgehead atoms. The number of benzene rings is 2. The predicted molar refractivity (Wildman–Crippen MR) is 123 cm³/mol. The average Bonchev–Trinajstić information content (AvgIpc) is 3.29. The molecule has 2 saturated heterocycles. The maximum Gasteiger partial charge on any atom is 0.295 e. The maximum absolute atomic E-state index is 15.5. The molecule has 0 spiro atoms. The first-order valence-electron chi connectivity index (χ1n) is 11.8. The Balaban J connectivity index is 1.16. The van der Waals surface area contributed by atoms with Gasteiger partial charge in [0.2, 0.25) is 0 Å². The molecule has 7 rings (SSSR count). The van der Waals surface area contributed by atoms with Crippen LogP contribution in [-0.4, -0.2) is 51.5 Å². The van der Waals surface area contributed by atoms with E-state index in [2.05, 4.69) is 19.9 Å². The van der Waals surface area contributed by atoms with Gasteiger partial charge in [-0.2, -0.15) is 4.98 Å². The monoisotopic (exact) mass is 476 g/mol. The molecule has 2 aliphatic heterocycles. The second-order valence-corrected chi connectivity index (χ2v) is 9.32. The minimum Gasteiger partial charge on any atom is -0.456 e. The van der Waals surface area contributed by atoms with Gasteiger partial charge in [0.25, 0.3) is 6.01 Å². The van der Waals surface area contributed by atoms with Gasteiger partial charge < -0.3 is 19.2 Å². The van der Waals surface area contributed by atoms with E-state index in [1.807, 2.05) is 12.1 Å². The summed E-state index contributed by atoms with van der Waals surface area (Å²) in [5, 5.41) is 0. The first-order valence-corrected chi connectivity index (χ1v) is 11.8. The standard InChI is InChI=1S/C26H22F2N4O3/c27-17-9-18-23(32-26(31-18)35-20-12-34-19-7-8-33-24(19)20)22(28)21(17)14-3-1-13(2-4-14)16-10-29-25(30-11-16)15-5-6-15/h1-4,9-11,15,19-20,24H,5-8,12H2,(H,31,32)/t19-,20?,24+/m1/s1. The molecule has 1 saturated carbocycles. The zero-order valence-corrected chi connectivity index (χ0v) is 18.7. The molecular formula is C26H22F2N4O3. The number of H-pyrrole nitrogens is 1. The lowest BCUT2D eigenvalue weighted by Crippen LogP contribution is -2.32. The fourth-order valence-electron chi connectivity index (χ4n) is 4.92. The highest BCUT2D eigenvalue weighted by molar-refractivity contribution is 5.84. The van der Waals surface area contributed by atoms with Crippen molar-refractivity contribution in [3.05, 3.63) is 60.2 Å². The van der Waals surface area contributed by atoms with Crippen molar-refractivity contribution in [1.29, 1.82) is 0 Å². The van der Waals surface area contributed by atoms with E-state index in [-0.39, 0.29) is 40.9 Å². The van der Waals surface area contributed by atoms with Crippen LogP contribution in [0.4, 0.5) is 8.78 Å². The summed E-state index contributed by atoms with van der Waals surface area (Å²) in [6, 6.07) is 8.36. The fraction of sp³-hybridized carbons (Fsp3) is 0.346. The van der Waals surface area contributed by atoms with E-state index in [0.29, 0.717) is 24.7 Å². The molecule has 2 aromatic heterocycles. The van der Waals surface area contributed by atoms with E-state index >= 15 is 8.78 Å². The van der Waals surface area contributed by atoms with Crippen LogP contribution in [-0.2, 0) is 9.47 Å². The Bertz CT molecular complexity index is 1400. The van der Waals surface area contributed by atoms with Gasteiger partial charge in [0.15, 0.2) is 11.9 Å². The van der Waals surface area contributed by atoms with Crippen molar-refractivity contribution in [1.82, 2.24) is 19.9 Å². The normalized spacial score (nSPS) is 23.7. The number of halogens is 2. The fourth-order valence-corrected chi connectivity index (χ4v) is 4.92. The van der Waals surface area contributed by atoms with Crippen molar-refractivity contribution in [2.45, 2.75) is 43.5 Å². The minimum absolute atomic E-state index is 0.0100. The number of rotatable bonds is 5. The molecule has 0 radical (unpaired) electrons. The summed E-state index contributed by atoms with van der Waals surface area (Å²) >= 11 is 0. The van der Waals surface area contributed by atoms with Crippen LogP contribution in [0.15, 0.2) is 42.7 Å². The van der Waals surface area contributed by atoms with Crippen molar-refractivity contribution in [2.75, 3.05) is 13.2 Å². The van der Waals surface area contributed by atoms with Crippen LogP contribution < -0.4 is 4.74 Å². The van der Waals surface area contributed by atoms with Crippen LogP contribution in [0.1, 0.15) is 31.0 Å². The molecule has 3 aliphatic rings. The first kappa shape index (κ1) is 20.9. The van der Waals surface area contributed by atoms with Crippen molar-refractivity contribution in [3.8, 4) is 28.3 Å². The van der Waals surface area contributed by atoms with E-state index in [1.165, 1.54) is 6.07 Å². The van der Waals surface area contributed by atoms with Gasteiger partial charge in [-0.25, -0.2) is 18.7 Å². The second-order valence-electron chi connectivity index (χ2n) is 9.32. The van der Waals surface area contributed by atoms with Crippen molar-refractivity contribution in [2.24, 2.45) is 0 Å². The second kappa shape index (κ2) is 8.07. The van der Waals surface area contributed by atoms with Gasteiger partial charge in [-0.05, 0) is 30.4 Å². The van der Waals surface area contributed by atoms with Crippen LogP contribution in [0.3, 0.4) is 0 Å². The SMILES string of the molecule is Fc1cc2[nH]c(OC3CO[C@@H]4CCO[C@H]34)nc2c(F)c1-c1ccc(-c2cnc(C3CC3)nc2)cc1. The van der Waals surface area contributed by atoms with Gasteiger partial charge >= 0.3 is 0 Å². The molecule has 4 aromatic rings. The Hall–Kier alpha value is -3.43. The number of nitrogens with zero attached hydrogens (tertiary/aromatic N) is 3. The molecule has 7 nitrogen and oxygen atoms in total. The quantitative estimate of drug-likeness (QED) is 0.447. The third kappa shape index (κ3) is 3.66. The average molecular weight is 476 g/mol. The molecule has 0 amide bonds. The summed E-state index contributed by atoms with van der Waals surface area (Å²) in [6.07, 6.45) is 6.19. The Morgan fingerprint density at radius 2 is 1.71 bits per heavy atom. The highest BCUT2D eigenvalue weighted by Crippen LogP contribution is 2.38. The number of ether oxygens (including phenoxy) is 3. The number of nitrogens with one attached hydrogen (secondary N) is 1. The van der Waals surface area contributed by atoms with E-state index in [4.69, 9.17) is 14.2 Å². The molecule has 3 atom stereocenters. The molecule has 35 heavy (non-hydrogen) atoms. The Morgan fingerprint density at radius 1 is 0.943 bits per heavy atom. The third-order valence-corrected chi connectivity index (χ3v) is 6.95. The van der Waals surface area contributed by atoms with Crippen molar-refractivity contribution in [3.63, 3.8) is 0 Å². The maximum atomic E-state index is 15.5. The van der Waals surface area contributed by atoms with Crippen LogP contribution >= 0.6 is 0 Å². The molecule has 4 heterocycles. The molecular weight excluding hydrogens is 454 g/mol. The Morgan fingerprint density at radius 3 is 2.49 bits per heavy atom. The number of hydrogen-bond donors (Lipinski definition) is 1. The highest BCUT2D eigenvalue weighted by Gasteiger charge is 2.43. The van der Waals surface area contributed by atoms with E-state index in [0.717, 1.165) is 36.2 Å². The summed E-state index contributed by atoms with van der Waals surface area (Å²) < 4.78 is 47.7. The van der Waals surface area contributed by atoms with E-state index in [9.17, 15) is 0 Å². The topological polar surface area (TPSA) is 82.2 Å². The zero-order valence-electron chi connectivity index (χ0n) is 18.7. The number of hydrogen-bond acceptors (Lipinski definition) is 6. The van der Waals surface area contributed by atoms with E-state index < -0.39 is 11.6 Å². The lowest BCUT2D eigenvalue weighted by Gasteiger charge is -2.15. The van der Waals surface area contributed by atoms with Gasteiger partial charge in [-0.3, -0.25) is 0 Å². The van der Waals surface area contributed by atoms with Crippen LogP contribution in [0.25, 0.3) is 33.3 Å². The molecule has 3 fully saturated rings. The lowest BCUT2D eigenvalue weighted by molar-refractivity contribution is 0.0273. The smallest absolute Gasteiger partial charge is 0.295 e. The number of fused-ring (bicyclic) bond motifs is 2. The predicted octanol–water partition coefficient (Wildman–Crippen LogP) is 4.78. The van der Waals surface area contributed by atoms with Gasteiger partial charge in [-0.1, -0.05) is 24.3 Å². The molecule has 2 aromatic carbocycles. The summed E-state index contributed by atoms with van der Waals surface area (Å²) in [4.78, 5) is 16.0. The van der Waals surface area contributed by atoms with Gasteiger partial charge in [0.05, 0.1) is 23.8 Å². The summed E-state index contributed by atoms with van der Waals surface area (Å²) in [7, 11) is 0. The first-order chi connectivity index (χ1) is 17.1. The number of imidazole rings is 1. The summed E-state index contributed by atoms with van der Waals surface area (Å²) in [5.74, 6) is -0.0620. The molecule has 1 aliphatic carbocycles. The molecule has 1 N–H and O–H groups in total. The zero-order chi connectivity index (χ0) is 23.5. The molecule has 1 unspecified atom stereocenters. The third-order valence-electron chi connectivity index (χ3n) is 6.95. The molecule has 9 heteroatoms. The summed E-state index contributed by atoms with van der Waals surface area (Å²) in [6.45, 7) is 0.991. The van der Waals surface area contributed by atoms with Crippen molar-refractivity contribution >= 4 is 11.0 Å². The minimum atomic E-state index is -0.742. The lowest BCUT2D eigenvalue weighted by atomic mass is 10.00. The van der Waals surface area contributed by atoms with Crippen LogP contribution in [0.2, 0.25) is 0 Å². The molecule has 178 valence electrons. The van der Waals surface area contributed by atoms with Crippen molar-refractivity contribution < 1.29 is 23.0 Å². The highest BCUT2D eigenvalue weighted by atomic mass is 19.1. The van der Waals surface area contributed by atoms with Crippen LogP contribution in [0, 0.1) is 11.6 Å². The Labute approximate surface area is 199 Å². The summed E-state index contributed by atoms with van der Waals surface area (Å²) in [5.41, 5.74) is 2.26. The van der Waals surface area contributed by atoms with Gasteiger partial charge in [0, 0.05) is 36.5 Å². The van der Waals surface area contributed by atoms with Gasteiger partial charge in [0.1, 0.15) is 23.3 Å². The number of aromatic amines is 1.